The maximum Gasteiger partial charge on any atom is 0.205 e. The molecule has 2 rings (SSSR count). The van der Waals surface area contributed by atoms with Crippen LogP contribution in [0.2, 0.25) is 0 Å². The molecule has 0 radical (unpaired) electrons. The number of alkyl halides is 1. The number of imidazole rings is 1. The normalized spacial score (nSPS) is 22.1. The van der Waals surface area contributed by atoms with Crippen LogP contribution >= 0.6 is 15.9 Å². The first-order valence-corrected chi connectivity index (χ1v) is 7.32. The third-order valence-corrected chi connectivity index (χ3v) is 4.09. The fourth-order valence-electron chi connectivity index (χ4n) is 2.41. The highest BCUT2D eigenvalue weighted by Crippen LogP contribution is 2.23. The summed E-state index contributed by atoms with van der Waals surface area (Å²) in [4.78, 5) is 7.00. The molecule has 1 atom stereocenters. The highest BCUT2D eigenvalue weighted by Gasteiger charge is 2.23. The van der Waals surface area contributed by atoms with Crippen molar-refractivity contribution >= 4 is 21.9 Å². The molecule has 1 aromatic rings. The monoisotopic (exact) mass is 285 g/mol. The summed E-state index contributed by atoms with van der Waals surface area (Å²) in [7, 11) is 0. The molecule has 90 valence electrons. The standard InChI is InChI=1S/C12H20BrN3/c1-2-15-9-7-14-12(15)16-8-5-3-4-6-11(16)10-13/h7,9,11H,2-6,8,10H2,1H3. The number of aryl methyl sites for hydroxylation is 1. The van der Waals surface area contributed by atoms with Crippen LogP contribution in [-0.4, -0.2) is 27.5 Å². The van der Waals surface area contributed by atoms with Gasteiger partial charge < -0.3 is 9.47 Å². The molecule has 1 aromatic heterocycles. The summed E-state index contributed by atoms with van der Waals surface area (Å²) in [5.41, 5.74) is 0. The minimum Gasteiger partial charge on any atom is -0.338 e. The van der Waals surface area contributed by atoms with Crippen LogP contribution in [0.15, 0.2) is 12.4 Å². The molecule has 1 aliphatic heterocycles. The van der Waals surface area contributed by atoms with Gasteiger partial charge in [-0.25, -0.2) is 4.98 Å². The van der Waals surface area contributed by atoms with Crippen LogP contribution in [0, 0.1) is 0 Å². The molecule has 1 unspecified atom stereocenters. The lowest BCUT2D eigenvalue weighted by molar-refractivity contribution is 0.597. The van der Waals surface area contributed by atoms with E-state index < -0.39 is 0 Å². The van der Waals surface area contributed by atoms with Gasteiger partial charge in [-0.1, -0.05) is 28.8 Å². The number of aromatic nitrogens is 2. The summed E-state index contributed by atoms with van der Waals surface area (Å²) in [5, 5.41) is 1.05. The van der Waals surface area contributed by atoms with E-state index in [-0.39, 0.29) is 0 Å². The van der Waals surface area contributed by atoms with E-state index in [1.54, 1.807) is 0 Å². The smallest absolute Gasteiger partial charge is 0.205 e. The van der Waals surface area contributed by atoms with Crippen molar-refractivity contribution in [1.29, 1.82) is 0 Å². The van der Waals surface area contributed by atoms with E-state index in [4.69, 9.17) is 0 Å². The van der Waals surface area contributed by atoms with Crippen molar-refractivity contribution in [3.63, 3.8) is 0 Å². The Balaban J connectivity index is 2.21. The molecule has 1 aliphatic rings. The molecule has 4 heteroatoms. The van der Waals surface area contributed by atoms with Gasteiger partial charge in [0.05, 0.1) is 0 Å². The van der Waals surface area contributed by atoms with E-state index >= 15 is 0 Å². The molecule has 1 saturated heterocycles. The van der Waals surface area contributed by atoms with Gasteiger partial charge in [0.25, 0.3) is 0 Å². The van der Waals surface area contributed by atoms with E-state index in [1.165, 1.54) is 25.7 Å². The van der Waals surface area contributed by atoms with Crippen molar-refractivity contribution in [2.24, 2.45) is 0 Å². The second-order valence-electron chi connectivity index (χ2n) is 4.36. The molecule has 0 N–H and O–H groups in total. The van der Waals surface area contributed by atoms with Gasteiger partial charge in [-0.3, -0.25) is 0 Å². The van der Waals surface area contributed by atoms with E-state index in [1.807, 2.05) is 6.20 Å². The van der Waals surface area contributed by atoms with E-state index in [0.717, 1.165) is 24.4 Å². The predicted octanol–water partition coefficient (Wildman–Crippen LogP) is 3.05. The first kappa shape index (κ1) is 12.0. The minimum absolute atomic E-state index is 0.607. The number of anilines is 1. The zero-order valence-electron chi connectivity index (χ0n) is 9.90. The zero-order valence-corrected chi connectivity index (χ0v) is 11.5. The zero-order chi connectivity index (χ0) is 11.4. The molecule has 3 nitrogen and oxygen atoms in total. The molecule has 0 aliphatic carbocycles. The predicted molar refractivity (Wildman–Crippen MR) is 71.3 cm³/mol. The van der Waals surface area contributed by atoms with E-state index in [0.29, 0.717) is 6.04 Å². The lowest BCUT2D eigenvalue weighted by Crippen LogP contribution is -2.38. The van der Waals surface area contributed by atoms with Crippen molar-refractivity contribution in [3.05, 3.63) is 12.4 Å². The highest BCUT2D eigenvalue weighted by atomic mass is 79.9. The molecule has 0 bridgehead atoms. The van der Waals surface area contributed by atoms with Gasteiger partial charge >= 0.3 is 0 Å². The Morgan fingerprint density at radius 2 is 2.31 bits per heavy atom. The van der Waals surface area contributed by atoms with Gasteiger partial charge in [-0.15, -0.1) is 0 Å². The second kappa shape index (κ2) is 5.71. The summed E-state index contributed by atoms with van der Waals surface area (Å²) >= 11 is 3.64. The third kappa shape index (κ3) is 2.42. The third-order valence-electron chi connectivity index (χ3n) is 3.35. The number of halogens is 1. The van der Waals surface area contributed by atoms with E-state index in [9.17, 15) is 0 Å². The number of hydrogen-bond donors (Lipinski definition) is 0. The number of nitrogens with zero attached hydrogens (tertiary/aromatic N) is 3. The van der Waals surface area contributed by atoms with Gasteiger partial charge in [0.15, 0.2) is 0 Å². The molecule has 0 spiro atoms. The van der Waals surface area contributed by atoms with E-state index in [2.05, 4.69) is 43.5 Å². The highest BCUT2D eigenvalue weighted by molar-refractivity contribution is 9.09. The minimum atomic E-state index is 0.607. The topological polar surface area (TPSA) is 21.1 Å². The van der Waals surface area contributed by atoms with Crippen LogP contribution < -0.4 is 4.90 Å². The Morgan fingerprint density at radius 1 is 1.44 bits per heavy atom. The molecule has 2 heterocycles. The second-order valence-corrected chi connectivity index (χ2v) is 5.01. The van der Waals surface area contributed by atoms with Gasteiger partial charge in [-0.2, -0.15) is 0 Å². The largest absolute Gasteiger partial charge is 0.338 e. The average Bonchev–Trinajstić information content (AvgIpc) is 2.66. The number of hydrogen-bond acceptors (Lipinski definition) is 2. The van der Waals surface area contributed by atoms with Crippen LogP contribution in [0.1, 0.15) is 32.6 Å². The lowest BCUT2D eigenvalue weighted by atomic mass is 10.1. The average molecular weight is 286 g/mol. The van der Waals surface area contributed by atoms with Gasteiger partial charge in [0.1, 0.15) is 0 Å². The summed E-state index contributed by atoms with van der Waals surface area (Å²) in [6, 6.07) is 0.607. The van der Waals surface area contributed by atoms with Crippen molar-refractivity contribution in [2.45, 2.75) is 45.2 Å². The fraction of sp³-hybridized carbons (Fsp3) is 0.750. The van der Waals surface area contributed by atoms with Crippen LogP contribution in [0.4, 0.5) is 5.95 Å². The first-order chi connectivity index (χ1) is 7.86. The summed E-state index contributed by atoms with van der Waals surface area (Å²) in [6.07, 6.45) is 9.26. The fourth-order valence-corrected chi connectivity index (χ4v) is 3.08. The first-order valence-electron chi connectivity index (χ1n) is 6.20. The van der Waals surface area contributed by atoms with Crippen molar-refractivity contribution in [2.75, 3.05) is 16.8 Å². The molecule has 16 heavy (non-hydrogen) atoms. The molecule has 1 fully saturated rings. The maximum atomic E-state index is 4.52. The summed E-state index contributed by atoms with van der Waals surface area (Å²) < 4.78 is 2.24. The molecule has 0 saturated carbocycles. The SMILES string of the molecule is CCn1ccnc1N1CCCCCC1CBr. The number of rotatable bonds is 3. The molecular weight excluding hydrogens is 266 g/mol. The molecular formula is C12H20BrN3. The molecule has 0 amide bonds. The Kier molecular flexibility index (Phi) is 4.27. The summed E-state index contributed by atoms with van der Waals surface area (Å²) in [6.45, 7) is 4.32. The van der Waals surface area contributed by atoms with Crippen molar-refractivity contribution in [1.82, 2.24) is 9.55 Å². The Morgan fingerprint density at radius 3 is 3.06 bits per heavy atom. The van der Waals surface area contributed by atoms with Crippen molar-refractivity contribution < 1.29 is 0 Å². The summed E-state index contributed by atoms with van der Waals surface area (Å²) in [5.74, 6) is 1.15. The molecule has 0 aromatic carbocycles. The quantitative estimate of drug-likeness (QED) is 0.796. The van der Waals surface area contributed by atoms with Crippen LogP contribution in [-0.2, 0) is 6.54 Å². The Bertz CT molecular complexity index is 324. The van der Waals surface area contributed by atoms with Gasteiger partial charge in [0, 0.05) is 36.9 Å². The van der Waals surface area contributed by atoms with Crippen LogP contribution in [0.3, 0.4) is 0 Å². The van der Waals surface area contributed by atoms with Gasteiger partial charge in [-0.05, 0) is 19.8 Å². The van der Waals surface area contributed by atoms with Crippen molar-refractivity contribution in [3.8, 4) is 0 Å². The van der Waals surface area contributed by atoms with Crippen LogP contribution in [0.5, 0.6) is 0 Å². The maximum absolute atomic E-state index is 4.52. The van der Waals surface area contributed by atoms with Gasteiger partial charge in [0.2, 0.25) is 5.95 Å². The Hall–Kier alpha value is -0.510. The van der Waals surface area contributed by atoms with Crippen LogP contribution in [0.25, 0.3) is 0 Å². The Labute approximate surface area is 106 Å². The lowest BCUT2D eigenvalue weighted by Gasteiger charge is -2.30.